The molecule has 18 heavy (non-hydrogen) atoms. The second-order valence-electron chi connectivity index (χ2n) is 5.17. The van der Waals surface area contributed by atoms with Crippen LogP contribution in [0.4, 0.5) is 0 Å². The van der Waals surface area contributed by atoms with E-state index in [1.807, 2.05) is 45.0 Å². The first kappa shape index (κ1) is 13.2. The topological polar surface area (TPSA) is 50.7 Å². The Kier molecular flexibility index (Phi) is 3.78. The minimum atomic E-state index is -1.02. The average molecular weight is 251 g/mol. The highest BCUT2D eigenvalue weighted by Gasteiger charge is 2.38. The molecule has 1 heterocycles. The van der Waals surface area contributed by atoms with Gasteiger partial charge in [-0.15, -0.1) is 0 Å². The van der Waals surface area contributed by atoms with Crippen LogP contribution in [0.1, 0.15) is 20.8 Å². The van der Waals surface area contributed by atoms with E-state index in [9.17, 15) is 5.11 Å². The number of fused-ring (bicyclic) bond motifs is 1. The molecule has 0 aliphatic carbocycles. The molecule has 1 aromatic carbocycles. The lowest BCUT2D eigenvalue weighted by atomic mass is 9.97. The van der Waals surface area contributed by atoms with Gasteiger partial charge in [-0.1, -0.05) is 26.0 Å². The van der Waals surface area contributed by atoms with Gasteiger partial charge in [-0.3, -0.25) is 0 Å². The van der Waals surface area contributed by atoms with Gasteiger partial charge in [-0.2, -0.15) is 0 Å². The second kappa shape index (κ2) is 5.16. The lowest BCUT2D eigenvalue weighted by Crippen LogP contribution is -2.57. The number of para-hydroxylation sites is 2. The largest absolute Gasteiger partial charge is 0.486 e. The molecule has 1 atom stereocenters. The van der Waals surface area contributed by atoms with E-state index < -0.39 is 5.60 Å². The minimum Gasteiger partial charge on any atom is -0.486 e. The van der Waals surface area contributed by atoms with E-state index in [-0.39, 0.29) is 19.3 Å². The molecule has 1 aromatic rings. The van der Waals surface area contributed by atoms with Gasteiger partial charge in [0.25, 0.3) is 0 Å². The molecule has 0 saturated heterocycles. The Bertz CT molecular complexity index is 379. The Balaban J connectivity index is 2.10. The summed E-state index contributed by atoms with van der Waals surface area (Å²) in [6, 6.07) is 7.68. The first-order chi connectivity index (χ1) is 8.51. The van der Waals surface area contributed by atoms with E-state index in [2.05, 4.69) is 5.32 Å². The number of hydrogen-bond donors (Lipinski definition) is 2. The third-order valence-electron chi connectivity index (χ3n) is 3.19. The third kappa shape index (κ3) is 2.76. The third-order valence-corrected chi connectivity index (χ3v) is 3.19. The van der Waals surface area contributed by atoms with Gasteiger partial charge < -0.3 is 19.9 Å². The zero-order valence-corrected chi connectivity index (χ0v) is 11.1. The maximum Gasteiger partial charge on any atom is 0.161 e. The molecule has 1 aliphatic heterocycles. The summed E-state index contributed by atoms with van der Waals surface area (Å²) in [5.41, 5.74) is -1.02. The number of benzene rings is 1. The summed E-state index contributed by atoms with van der Waals surface area (Å²) in [6.07, 6.45) is 0. The molecule has 0 fully saturated rings. The number of hydrogen-bond acceptors (Lipinski definition) is 4. The van der Waals surface area contributed by atoms with Crippen molar-refractivity contribution in [2.24, 2.45) is 0 Å². The van der Waals surface area contributed by atoms with Crippen molar-refractivity contribution in [1.29, 1.82) is 0 Å². The molecule has 0 spiro atoms. The van der Waals surface area contributed by atoms with Gasteiger partial charge in [-0.05, 0) is 19.1 Å². The molecule has 4 nitrogen and oxygen atoms in total. The molecule has 0 bridgehead atoms. The molecule has 0 saturated carbocycles. The zero-order chi connectivity index (χ0) is 13.2. The number of rotatable bonds is 3. The van der Waals surface area contributed by atoms with E-state index in [1.54, 1.807) is 0 Å². The van der Waals surface area contributed by atoms with Crippen molar-refractivity contribution in [1.82, 2.24) is 5.32 Å². The Morgan fingerprint density at radius 1 is 1.11 bits per heavy atom. The van der Waals surface area contributed by atoms with Crippen LogP contribution in [0.2, 0.25) is 0 Å². The SMILES string of the molecule is CC(C)NC(C)C1(O)COc2ccccc2OC1. The van der Waals surface area contributed by atoms with Gasteiger partial charge in [0.15, 0.2) is 11.5 Å². The van der Waals surface area contributed by atoms with Gasteiger partial charge in [0.05, 0.1) is 0 Å². The first-order valence-corrected chi connectivity index (χ1v) is 6.34. The van der Waals surface area contributed by atoms with Crippen LogP contribution >= 0.6 is 0 Å². The van der Waals surface area contributed by atoms with E-state index in [4.69, 9.17) is 9.47 Å². The van der Waals surface area contributed by atoms with Crippen molar-refractivity contribution in [2.45, 2.75) is 38.5 Å². The van der Waals surface area contributed by atoms with Crippen molar-refractivity contribution < 1.29 is 14.6 Å². The van der Waals surface area contributed by atoms with Crippen molar-refractivity contribution in [3.63, 3.8) is 0 Å². The predicted molar refractivity (Wildman–Crippen MR) is 70.1 cm³/mol. The van der Waals surface area contributed by atoms with Crippen LogP contribution in [0, 0.1) is 0 Å². The maximum atomic E-state index is 10.6. The molecule has 2 N–H and O–H groups in total. The first-order valence-electron chi connectivity index (χ1n) is 6.34. The van der Waals surface area contributed by atoms with Crippen molar-refractivity contribution >= 4 is 0 Å². The molecular weight excluding hydrogens is 230 g/mol. The summed E-state index contributed by atoms with van der Waals surface area (Å²) in [5.74, 6) is 1.37. The normalized spacial score (nSPS) is 19.4. The highest BCUT2D eigenvalue weighted by atomic mass is 16.6. The van der Waals surface area contributed by atoms with Crippen LogP contribution in [0.5, 0.6) is 11.5 Å². The molecule has 1 aliphatic rings. The molecule has 0 amide bonds. The van der Waals surface area contributed by atoms with Crippen LogP contribution in [-0.2, 0) is 0 Å². The average Bonchev–Trinajstić information content (AvgIpc) is 2.50. The van der Waals surface area contributed by atoms with Gasteiger partial charge in [-0.25, -0.2) is 0 Å². The fourth-order valence-corrected chi connectivity index (χ4v) is 2.04. The Hall–Kier alpha value is -1.26. The molecule has 100 valence electrons. The van der Waals surface area contributed by atoms with Crippen molar-refractivity contribution in [2.75, 3.05) is 13.2 Å². The fourth-order valence-electron chi connectivity index (χ4n) is 2.04. The highest BCUT2D eigenvalue weighted by molar-refractivity contribution is 5.40. The molecule has 0 radical (unpaired) electrons. The van der Waals surface area contributed by atoms with E-state index in [1.165, 1.54) is 0 Å². The summed E-state index contributed by atoms with van der Waals surface area (Å²) < 4.78 is 11.3. The minimum absolute atomic E-state index is 0.105. The number of nitrogens with one attached hydrogen (secondary N) is 1. The Morgan fingerprint density at radius 2 is 1.61 bits per heavy atom. The van der Waals surface area contributed by atoms with Crippen molar-refractivity contribution in [3.05, 3.63) is 24.3 Å². The van der Waals surface area contributed by atoms with E-state index in [0.29, 0.717) is 17.5 Å². The molecule has 4 heteroatoms. The highest BCUT2D eigenvalue weighted by Crippen LogP contribution is 2.31. The second-order valence-corrected chi connectivity index (χ2v) is 5.17. The van der Waals surface area contributed by atoms with Gasteiger partial charge >= 0.3 is 0 Å². The van der Waals surface area contributed by atoms with Gasteiger partial charge in [0.2, 0.25) is 0 Å². The Labute approximate surface area is 108 Å². The van der Waals surface area contributed by atoms with Crippen LogP contribution in [0.25, 0.3) is 0 Å². The summed E-state index contributed by atoms with van der Waals surface area (Å²) in [6.45, 7) is 6.50. The van der Waals surface area contributed by atoms with Gasteiger partial charge in [0.1, 0.15) is 18.8 Å². The lowest BCUT2D eigenvalue weighted by Gasteiger charge is -2.33. The molecule has 1 unspecified atom stereocenters. The van der Waals surface area contributed by atoms with E-state index >= 15 is 0 Å². The molecule has 0 aromatic heterocycles. The summed E-state index contributed by atoms with van der Waals surface area (Å²) >= 11 is 0. The van der Waals surface area contributed by atoms with Crippen molar-refractivity contribution in [3.8, 4) is 11.5 Å². The van der Waals surface area contributed by atoms with Crippen LogP contribution < -0.4 is 14.8 Å². The predicted octanol–water partition coefficient (Wildman–Crippen LogP) is 1.58. The summed E-state index contributed by atoms with van der Waals surface area (Å²) in [7, 11) is 0. The standard InChI is InChI=1S/C14H21NO3/c1-10(2)15-11(3)14(16)8-17-12-6-4-5-7-13(12)18-9-14/h4-7,10-11,15-16H,8-9H2,1-3H3. The number of ether oxygens (including phenoxy) is 2. The summed E-state index contributed by atoms with van der Waals surface area (Å²) in [5, 5.41) is 13.9. The Morgan fingerprint density at radius 3 is 2.06 bits per heavy atom. The lowest BCUT2D eigenvalue weighted by molar-refractivity contribution is -0.0538. The summed E-state index contributed by atoms with van der Waals surface area (Å²) in [4.78, 5) is 0. The van der Waals surface area contributed by atoms with Crippen LogP contribution in [0.3, 0.4) is 0 Å². The van der Waals surface area contributed by atoms with Crippen LogP contribution in [0.15, 0.2) is 24.3 Å². The quantitative estimate of drug-likeness (QED) is 0.856. The molecule has 2 rings (SSSR count). The zero-order valence-electron chi connectivity index (χ0n) is 11.1. The monoisotopic (exact) mass is 251 g/mol. The number of aliphatic hydroxyl groups is 1. The maximum absolute atomic E-state index is 10.6. The smallest absolute Gasteiger partial charge is 0.161 e. The molecular formula is C14H21NO3. The van der Waals surface area contributed by atoms with Crippen LogP contribution in [-0.4, -0.2) is 36.0 Å². The fraction of sp³-hybridized carbons (Fsp3) is 0.571. The van der Waals surface area contributed by atoms with E-state index in [0.717, 1.165) is 0 Å². The van der Waals surface area contributed by atoms with Gasteiger partial charge in [0, 0.05) is 12.1 Å².